The molecule has 10 aromatic carbocycles. The molecule has 0 aliphatic carbocycles. The van der Waals surface area contributed by atoms with Crippen molar-refractivity contribution in [1.82, 2.24) is 13.7 Å². The van der Waals surface area contributed by atoms with Gasteiger partial charge in [-0.15, -0.1) is 0 Å². The summed E-state index contributed by atoms with van der Waals surface area (Å²) in [5, 5.41) is 15.3. The van der Waals surface area contributed by atoms with Crippen LogP contribution in [0.15, 0.2) is 200 Å². The second-order valence-electron chi connectivity index (χ2n) is 15.3. The van der Waals surface area contributed by atoms with E-state index in [1.165, 1.54) is 103 Å². The number of aromatic nitrogens is 3. The van der Waals surface area contributed by atoms with Gasteiger partial charge in [0.1, 0.15) is 0 Å². The van der Waals surface area contributed by atoms with Gasteiger partial charge >= 0.3 is 0 Å². The highest BCUT2D eigenvalue weighted by atomic mass is 15.0. The maximum atomic E-state index is 2.49. The number of para-hydroxylation sites is 4. The Balaban J connectivity index is 1.07. The first-order chi connectivity index (χ1) is 28.3. The zero-order valence-corrected chi connectivity index (χ0v) is 30.9. The van der Waals surface area contributed by atoms with Gasteiger partial charge in [0, 0.05) is 54.8 Å². The van der Waals surface area contributed by atoms with Crippen LogP contribution in [0.3, 0.4) is 0 Å². The van der Waals surface area contributed by atoms with Crippen molar-refractivity contribution in [1.29, 1.82) is 0 Å². The summed E-state index contributed by atoms with van der Waals surface area (Å²) in [6, 6.07) is 73.6. The summed E-state index contributed by atoms with van der Waals surface area (Å²) in [6.45, 7) is 0. The largest absolute Gasteiger partial charge is 0.309 e. The Morgan fingerprint density at radius 1 is 0.228 bits per heavy atom. The SMILES string of the molecule is c1ccc(-n2c3ccccc3c3cc4c(cc32)c2ccccc2n4-c2ccc(-n3c4ccccc4c4c5ccc6ccccc6c5c5ccccc5c43)cc2)cc1. The van der Waals surface area contributed by atoms with Crippen LogP contribution in [0.25, 0.3) is 115 Å². The molecule has 0 spiro atoms. The second-order valence-corrected chi connectivity index (χ2v) is 15.3. The number of hydrogen-bond acceptors (Lipinski definition) is 0. The van der Waals surface area contributed by atoms with Gasteiger partial charge in [-0.25, -0.2) is 0 Å². The monoisotopic (exact) mass is 723 g/mol. The first-order valence-electron chi connectivity index (χ1n) is 19.7. The third kappa shape index (κ3) is 4.15. The summed E-state index contributed by atoms with van der Waals surface area (Å²) in [6.07, 6.45) is 0. The predicted octanol–water partition coefficient (Wildman–Crippen LogP) is 14.4. The van der Waals surface area contributed by atoms with Gasteiger partial charge < -0.3 is 13.7 Å². The average molecular weight is 724 g/mol. The normalized spacial score (nSPS) is 12.2. The molecule has 0 saturated carbocycles. The molecule has 0 bridgehead atoms. The molecule has 13 rings (SSSR count). The van der Waals surface area contributed by atoms with Crippen LogP contribution in [-0.4, -0.2) is 13.7 Å². The number of nitrogens with zero attached hydrogens (tertiary/aromatic N) is 3. The van der Waals surface area contributed by atoms with Gasteiger partial charge in [-0.05, 0) is 93.7 Å². The highest BCUT2D eigenvalue weighted by Gasteiger charge is 2.21. The topological polar surface area (TPSA) is 14.8 Å². The lowest BCUT2D eigenvalue weighted by Gasteiger charge is -2.14. The molecule has 264 valence electrons. The van der Waals surface area contributed by atoms with Crippen LogP contribution in [0.4, 0.5) is 0 Å². The summed E-state index contributed by atoms with van der Waals surface area (Å²) in [7, 11) is 0. The van der Waals surface area contributed by atoms with Crippen LogP contribution in [0, 0.1) is 0 Å². The average Bonchev–Trinajstić information content (AvgIpc) is 3.91. The zero-order chi connectivity index (χ0) is 37.2. The Labute approximate surface area is 327 Å². The van der Waals surface area contributed by atoms with Crippen molar-refractivity contribution in [3.8, 4) is 17.1 Å². The fraction of sp³-hybridized carbons (Fsp3) is 0. The maximum absolute atomic E-state index is 2.49. The van der Waals surface area contributed by atoms with E-state index in [0.29, 0.717) is 0 Å². The number of fused-ring (bicyclic) bond motifs is 16. The smallest absolute Gasteiger partial charge is 0.0625 e. The summed E-state index contributed by atoms with van der Waals surface area (Å²) >= 11 is 0. The number of benzene rings is 10. The third-order valence-electron chi connectivity index (χ3n) is 12.4. The first kappa shape index (κ1) is 30.7. The molecule has 0 atom stereocenters. The van der Waals surface area contributed by atoms with Gasteiger partial charge in [-0.1, -0.05) is 133 Å². The standard InChI is InChI=1S/C54H33N3/c1-2-15-35(16-3-1)55-47-23-11-8-18-39(47)45-33-51-46(32-50(45)55)40-19-9-12-24-48(40)56(51)36-27-29-37(30-28-36)57-49-25-13-10-22-43(49)53-44-31-26-34-14-4-5-17-38(34)52(44)41-20-6-7-21-42(41)54(53)57/h1-33H. The molecule has 0 amide bonds. The Bertz CT molecular complexity index is 3790. The molecule has 57 heavy (non-hydrogen) atoms. The van der Waals surface area contributed by atoms with Crippen molar-refractivity contribution in [2.75, 3.05) is 0 Å². The van der Waals surface area contributed by atoms with Gasteiger partial charge in [0.05, 0.1) is 33.1 Å². The van der Waals surface area contributed by atoms with Crippen LogP contribution in [0.1, 0.15) is 0 Å². The van der Waals surface area contributed by atoms with E-state index in [1.54, 1.807) is 0 Å². The predicted molar refractivity (Wildman–Crippen MR) is 242 cm³/mol. The minimum absolute atomic E-state index is 1.14. The molecule has 3 heterocycles. The van der Waals surface area contributed by atoms with Crippen molar-refractivity contribution >= 4 is 97.7 Å². The van der Waals surface area contributed by atoms with E-state index in [4.69, 9.17) is 0 Å². The molecule has 0 N–H and O–H groups in total. The molecular formula is C54H33N3. The summed E-state index contributed by atoms with van der Waals surface area (Å²) in [4.78, 5) is 0. The van der Waals surface area contributed by atoms with E-state index in [9.17, 15) is 0 Å². The van der Waals surface area contributed by atoms with Crippen molar-refractivity contribution in [2.24, 2.45) is 0 Å². The molecule has 3 nitrogen and oxygen atoms in total. The van der Waals surface area contributed by atoms with Crippen molar-refractivity contribution in [3.05, 3.63) is 200 Å². The Morgan fingerprint density at radius 2 is 0.684 bits per heavy atom. The highest BCUT2D eigenvalue weighted by molar-refractivity contribution is 6.36. The molecule has 3 heteroatoms. The lowest BCUT2D eigenvalue weighted by atomic mass is 9.93. The quantitative estimate of drug-likeness (QED) is 0.161. The third-order valence-corrected chi connectivity index (χ3v) is 12.4. The lowest BCUT2D eigenvalue weighted by molar-refractivity contribution is 1.15. The molecule has 0 fully saturated rings. The van der Waals surface area contributed by atoms with E-state index < -0.39 is 0 Å². The van der Waals surface area contributed by atoms with E-state index in [2.05, 4.69) is 214 Å². The van der Waals surface area contributed by atoms with Crippen LogP contribution >= 0.6 is 0 Å². The molecule has 0 unspecified atom stereocenters. The fourth-order valence-corrected chi connectivity index (χ4v) is 10.0. The van der Waals surface area contributed by atoms with Gasteiger partial charge in [0.15, 0.2) is 0 Å². The summed E-state index contributed by atoms with van der Waals surface area (Å²) < 4.78 is 7.34. The van der Waals surface area contributed by atoms with Gasteiger partial charge in [0.2, 0.25) is 0 Å². The van der Waals surface area contributed by atoms with Gasteiger partial charge in [0.25, 0.3) is 0 Å². The Hall–Kier alpha value is -7.62. The molecule has 13 aromatic rings. The van der Waals surface area contributed by atoms with Gasteiger partial charge in [-0.3, -0.25) is 0 Å². The lowest BCUT2D eigenvalue weighted by Crippen LogP contribution is -1.98. The van der Waals surface area contributed by atoms with Crippen molar-refractivity contribution in [2.45, 2.75) is 0 Å². The summed E-state index contributed by atoms with van der Waals surface area (Å²) in [5.41, 5.74) is 10.7. The van der Waals surface area contributed by atoms with Crippen molar-refractivity contribution < 1.29 is 0 Å². The Morgan fingerprint density at radius 3 is 1.32 bits per heavy atom. The van der Waals surface area contributed by atoms with Crippen LogP contribution in [0.5, 0.6) is 0 Å². The minimum Gasteiger partial charge on any atom is -0.309 e. The van der Waals surface area contributed by atoms with E-state index in [1.807, 2.05) is 0 Å². The maximum Gasteiger partial charge on any atom is 0.0625 e. The van der Waals surface area contributed by atoms with Crippen LogP contribution in [0.2, 0.25) is 0 Å². The van der Waals surface area contributed by atoms with E-state index in [-0.39, 0.29) is 0 Å². The summed E-state index contributed by atoms with van der Waals surface area (Å²) in [5.74, 6) is 0. The Kier molecular flexibility index (Phi) is 6.16. The second kappa shape index (κ2) is 11.5. The van der Waals surface area contributed by atoms with Crippen LogP contribution < -0.4 is 0 Å². The van der Waals surface area contributed by atoms with Gasteiger partial charge in [-0.2, -0.15) is 0 Å². The number of hydrogen-bond donors (Lipinski definition) is 0. The highest BCUT2D eigenvalue weighted by Crippen LogP contribution is 2.45. The molecule has 0 aliphatic heterocycles. The molecular weight excluding hydrogens is 691 g/mol. The van der Waals surface area contributed by atoms with Crippen LogP contribution in [-0.2, 0) is 0 Å². The number of rotatable bonds is 3. The first-order valence-corrected chi connectivity index (χ1v) is 19.7. The fourth-order valence-electron chi connectivity index (χ4n) is 10.0. The molecule has 3 aromatic heterocycles. The van der Waals surface area contributed by atoms with E-state index >= 15 is 0 Å². The van der Waals surface area contributed by atoms with Crippen molar-refractivity contribution in [3.63, 3.8) is 0 Å². The minimum atomic E-state index is 1.14. The zero-order valence-electron chi connectivity index (χ0n) is 30.9. The molecule has 0 radical (unpaired) electrons. The molecule has 0 aliphatic rings. The molecule has 0 saturated heterocycles. The van der Waals surface area contributed by atoms with E-state index in [0.717, 1.165) is 11.4 Å².